The summed E-state index contributed by atoms with van der Waals surface area (Å²) >= 11 is 12.0. The molecule has 0 radical (unpaired) electrons. The molecule has 9 nitrogen and oxygen atoms in total. The first-order valence-electron chi connectivity index (χ1n) is 12.2. The first-order chi connectivity index (χ1) is 18.8. The number of thiocarbonyl (C=S) groups is 1. The largest absolute Gasteiger partial charge is 0.491 e. The van der Waals surface area contributed by atoms with Gasteiger partial charge >= 0.3 is 12.3 Å². The van der Waals surface area contributed by atoms with Crippen LogP contribution in [-0.2, 0) is 11.0 Å². The number of hydrogen-bond acceptors (Lipinski definition) is 6. The van der Waals surface area contributed by atoms with E-state index in [4.69, 9.17) is 38.9 Å². The van der Waals surface area contributed by atoms with E-state index in [0.717, 1.165) is 17.0 Å². The Labute approximate surface area is 238 Å². The summed E-state index contributed by atoms with van der Waals surface area (Å²) in [5.41, 5.74) is -2.64. The monoisotopic (exact) mass is 595 g/mol. The Morgan fingerprint density at radius 2 is 1.80 bits per heavy atom. The third kappa shape index (κ3) is 5.65. The van der Waals surface area contributed by atoms with Crippen LogP contribution >= 0.6 is 23.8 Å². The average Bonchev–Trinajstić information content (AvgIpc) is 3.07. The van der Waals surface area contributed by atoms with Crippen molar-refractivity contribution < 1.29 is 32.6 Å². The maximum atomic E-state index is 13.6. The van der Waals surface area contributed by atoms with E-state index in [1.807, 2.05) is 0 Å². The minimum atomic E-state index is -4.79. The second kappa shape index (κ2) is 11.1. The highest BCUT2D eigenvalue weighted by Gasteiger charge is 2.50. The summed E-state index contributed by atoms with van der Waals surface area (Å²) in [5.74, 6) is -0.155. The lowest BCUT2D eigenvalue weighted by Crippen LogP contribution is -2.49. The van der Waals surface area contributed by atoms with E-state index in [2.05, 4.69) is 4.90 Å². The number of benzene rings is 2. The Kier molecular flexibility index (Phi) is 8.16. The molecule has 0 aromatic heterocycles. The van der Waals surface area contributed by atoms with Crippen LogP contribution in [0.3, 0.4) is 0 Å². The van der Waals surface area contributed by atoms with Crippen LogP contribution in [0.1, 0.15) is 25.0 Å². The Morgan fingerprint density at radius 1 is 1.15 bits per heavy atom. The topological polar surface area (TPSA) is 100 Å². The van der Waals surface area contributed by atoms with E-state index < -0.39 is 34.8 Å². The van der Waals surface area contributed by atoms with Crippen LogP contribution < -0.4 is 14.5 Å². The molecule has 212 valence electrons. The van der Waals surface area contributed by atoms with E-state index in [9.17, 15) is 22.8 Å². The molecule has 0 atom stereocenters. The van der Waals surface area contributed by atoms with Crippen molar-refractivity contribution in [3.8, 4) is 11.8 Å². The predicted molar refractivity (Wildman–Crippen MR) is 146 cm³/mol. The molecule has 0 saturated carbocycles. The zero-order valence-electron chi connectivity index (χ0n) is 21.5. The van der Waals surface area contributed by atoms with E-state index in [1.54, 1.807) is 32.0 Å². The van der Waals surface area contributed by atoms with Gasteiger partial charge in [0.2, 0.25) is 0 Å². The number of piperazine rings is 1. The Morgan fingerprint density at radius 3 is 2.38 bits per heavy atom. The number of anilines is 2. The minimum Gasteiger partial charge on any atom is -0.491 e. The zero-order valence-corrected chi connectivity index (χ0v) is 23.1. The third-order valence-electron chi connectivity index (χ3n) is 6.84. The molecule has 0 unspecified atom stereocenters. The van der Waals surface area contributed by atoms with Crippen molar-refractivity contribution in [2.45, 2.75) is 25.6 Å². The summed E-state index contributed by atoms with van der Waals surface area (Å²) in [4.78, 5) is 30.4. The summed E-state index contributed by atoms with van der Waals surface area (Å²) in [6, 6.07) is 9.37. The molecule has 2 saturated heterocycles. The lowest BCUT2D eigenvalue weighted by molar-refractivity contribution is -0.137. The summed E-state index contributed by atoms with van der Waals surface area (Å²) in [6.45, 7) is 6.11. The van der Waals surface area contributed by atoms with Gasteiger partial charge in [-0.25, -0.2) is 4.79 Å². The van der Waals surface area contributed by atoms with Crippen LogP contribution in [-0.4, -0.2) is 76.9 Å². The molecule has 0 bridgehead atoms. The molecule has 2 aromatic carbocycles. The van der Waals surface area contributed by atoms with E-state index >= 15 is 0 Å². The smallest absolute Gasteiger partial charge is 0.417 e. The van der Waals surface area contributed by atoms with Gasteiger partial charge in [-0.15, -0.1) is 0 Å². The van der Waals surface area contributed by atoms with E-state index in [-0.39, 0.29) is 15.8 Å². The quantitative estimate of drug-likeness (QED) is 0.475. The Bertz CT molecular complexity index is 1390. The number of carbonyl (C=O) groups excluding carboxylic acids is 1. The number of ether oxygens (including phenoxy) is 1. The highest BCUT2D eigenvalue weighted by molar-refractivity contribution is 7.81. The standard InChI is InChI=1S/C26H25ClF3N5O4S/c1-25(2)22(36)34(17-4-3-16(15-31)19(13-17)26(28,29)30)23(40)35(25)18-5-6-21(20(27)14-18)39-12-11-32-7-9-33(10-8-32)24(37)38/h3-6,13-14H,7-12H2,1-2H3,(H,37,38). The van der Waals surface area contributed by atoms with Gasteiger partial charge in [-0.3, -0.25) is 14.6 Å². The van der Waals surface area contributed by atoms with Gasteiger partial charge in [0.05, 0.1) is 27.9 Å². The first kappa shape index (κ1) is 29.4. The van der Waals surface area contributed by atoms with Crippen LogP contribution in [0.2, 0.25) is 5.02 Å². The third-order valence-corrected chi connectivity index (χ3v) is 7.50. The van der Waals surface area contributed by atoms with Crippen LogP contribution in [0.5, 0.6) is 5.75 Å². The Hall–Kier alpha value is -3.60. The van der Waals surface area contributed by atoms with Crippen molar-refractivity contribution in [1.82, 2.24) is 9.80 Å². The second-order valence-corrected chi connectivity index (χ2v) is 10.5. The van der Waals surface area contributed by atoms with Gasteiger partial charge in [-0.05, 0) is 62.5 Å². The molecular weight excluding hydrogens is 571 g/mol. The number of nitrogens with zero attached hydrogens (tertiary/aromatic N) is 5. The van der Waals surface area contributed by atoms with Crippen LogP contribution in [0.4, 0.5) is 29.3 Å². The number of rotatable bonds is 6. The van der Waals surface area contributed by atoms with Crippen molar-refractivity contribution in [3.05, 3.63) is 52.5 Å². The highest BCUT2D eigenvalue weighted by Crippen LogP contribution is 2.41. The fraction of sp³-hybridized carbons (Fsp3) is 0.385. The molecule has 40 heavy (non-hydrogen) atoms. The maximum Gasteiger partial charge on any atom is 0.417 e. The van der Waals surface area contributed by atoms with Crippen molar-refractivity contribution in [2.75, 3.05) is 49.1 Å². The maximum absolute atomic E-state index is 13.6. The van der Waals surface area contributed by atoms with Gasteiger partial charge in [0.1, 0.15) is 17.9 Å². The minimum absolute atomic E-state index is 0.0435. The summed E-state index contributed by atoms with van der Waals surface area (Å²) in [7, 11) is 0. The van der Waals surface area contributed by atoms with Gasteiger partial charge < -0.3 is 19.6 Å². The van der Waals surface area contributed by atoms with Crippen LogP contribution in [0.15, 0.2) is 36.4 Å². The SMILES string of the molecule is CC1(C)C(=O)N(c2ccc(C#N)c(C(F)(F)F)c2)C(=S)N1c1ccc(OCCN2CCN(C(=O)O)CC2)c(Cl)c1. The lowest BCUT2D eigenvalue weighted by atomic mass is 10.0. The first-order valence-corrected chi connectivity index (χ1v) is 13.0. The molecule has 2 aliphatic rings. The molecule has 14 heteroatoms. The van der Waals surface area contributed by atoms with E-state index in [0.29, 0.717) is 50.8 Å². The molecular formula is C26H25ClF3N5O4S. The number of carboxylic acid groups (broad SMARTS) is 1. The lowest BCUT2D eigenvalue weighted by Gasteiger charge is -2.33. The van der Waals surface area contributed by atoms with Gasteiger partial charge in [-0.2, -0.15) is 18.4 Å². The average molecular weight is 596 g/mol. The van der Waals surface area contributed by atoms with E-state index in [1.165, 1.54) is 21.9 Å². The summed E-state index contributed by atoms with van der Waals surface area (Å²) in [5, 5.41) is 18.4. The molecule has 0 aliphatic carbocycles. The molecule has 2 amide bonds. The molecule has 1 N–H and O–H groups in total. The number of alkyl halides is 3. The van der Waals surface area contributed by atoms with Crippen molar-refractivity contribution >= 4 is 52.3 Å². The van der Waals surface area contributed by atoms with Gasteiger partial charge in [0.15, 0.2) is 5.11 Å². The fourth-order valence-electron chi connectivity index (χ4n) is 4.65. The summed E-state index contributed by atoms with van der Waals surface area (Å²) in [6.07, 6.45) is -5.73. The van der Waals surface area contributed by atoms with Crippen LogP contribution in [0, 0.1) is 11.3 Å². The molecule has 2 aliphatic heterocycles. The molecule has 2 aromatic rings. The molecule has 2 heterocycles. The zero-order chi connectivity index (χ0) is 29.4. The second-order valence-electron chi connectivity index (χ2n) is 9.73. The van der Waals surface area contributed by atoms with Crippen molar-refractivity contribution in [3.63, 3.8) is 0 Å². The van der Waals surface area contributed by atoms with Gasteiger partial charge in [0, 0.05) is 38.4 Å². The fourth-order valence-corrected chi connectivity index (χ4v) is 5.40. The Balaban J connectivity index is 1.50. The highest BCUT2D eigenvalue weighted by atomic mass is 35.5. The number of nitriles is 1. The molecule has 0 spiro atoms. The number of amides is 2. The number of carbonyl (C=O) groups is 2. The number of hydrogen-bond donors (Lipinski definition) is 1. The van der Waals surface area contributed by atoms with Crippen molar-refractivity contribution in [1.29, 1.82) is 5.26 Å². The number of halogens is 4. The summed E-state index contributed by atoms with van der Waals surface area (Å²) < 4.78 is 46.5. The van der Waals surface area contributed by atoms with Crippen LogP contribution in [0.25, 0.3) is 0 Å². The predicted octanol–water partition coefficient (Wildman–Crippen LogP) is 4.82. The molecule has 4 rings (SSSR count). The normalized spacial score (nSPS) is 17.8. The van der Waals surface area contributed by atoms with Gasteiger partial charge in [0.25, 0.3) is 5.91 Å². The van der Waals surface area contributed by atoms with Gasteiger partial charge in [-0.1, -0.05) is 11.6 Å². The van der Waals surface area contributed by atoms with Crippen molar-refractivity contribution in [2.24, 2.45) is 0 Å². The molecule has 2 fully saturated rings.